The molecule has 1 atom stereocenters. The number of hydrogen-bond acceptors (Lipinski definition) is 4. The van der Waals surface area contributed by atoms with Gasteiger partial charge in [-0.1, -0.05) is 25.6 Å². The van der Waals surface area contributed by atoms with Crippen molar-refractivity contribution in [2.45, 2.75) is 39.7 Å². The fourth-order valence-corrected chi connectivity index (χ4v) is 4.12. The van der Waals surface area contributed by atoms with Gasteiger partial charge in [-0.2, -0.15) is 0 Å². The first-order valence-electron chi connectivity index (χ1n) is 7.64. The van der Waals surface area contributed by atoms with Gasteiger partial charge in [0.05, 0.1) is 6.04 Å². The van der Waals surface area contributed by atoms with E-state index in [2.05, 4.69) is 19.2 Å². The van der Waals surface area contributed by atoms with Crippen molar-refractivity contribution < 1.29 is 14.0 Å². The molecule has 0 radical (unpaired) electrons. The zero-order valence-corrected chi connectivity index (χ0v) is 14.1. The highest BCUT2D eigenvalue weighted by Crippen LogP contribution is 2.41. The van der Waals surface area contributed by atoms with Crippen molar-refractivity contribution in [2.75, 3.05) is 18.8 Å². The fourth-order valence-electron chi connectivity index (χ4n) is 3.30. The normalized spacial score (nSPS) is 23.5. The molecule has 1 unspecified atom stereocenters. The van der Waals surface area contributed by atoms with Crippen LogP contribution < -0.4 is 5.32 Å². The minimum atomic E-state index is -0.0941. The Morgan fingerprint density at radius 3 is 3.00 bits per heavy atom. The monoisotopic (exact) mass is 322 g/mol. The Hall–Kier alpha value is -1.43. The number of rotatable bonds is 3. The fraction of sp³-hybridized carbons (Fsp3) is 0.625. The van der Waals surface area contributed by atoms with Gasteiger partial charge in [0.25, 0.3) is 5.24 Å². The molecule has 1 N–H and O–H groups in total. The van der Waals surface area contributed by atoms with Crippen LogP contribution in [0.4, 0.5) is 4.79 Å². The smallest absolute Gasteiger partial charge is 0.282 e. The van der Waals surface area contributed by atoms with Gasteiger partial charge < -0.3 is 14.6 Å². The maximum atomic E-state index is 12.3. The minimum Gasteiger partial charge on any atom is -0.466 e. The van der Waals surface area contributed by atoms with E-state index < -0.39 is 0 Å². The van der Waals surface area contributed by atoms with E-state index in [0.717, 1.165) is 35.7 Å². The van der Waals surface area contributed by atoms with Crippen molar-refractivity contribution in [3.05, 3.63) is 23.2 Å². The lowest BCUT2D eigenvalue weighted by Crippen LogP contribution is -2.41. The van der Waals surface area contributed by atoms with E-state index in [1.807, 2.05) is 13.0 Å². The number of hydrogen-bond donors (Lipinski definition) is 1. The lowest BCUT2D eigenvalue weighted by molar-refractivity contribution is -0.122. The molecule has 1 aliphatic carbocycles. The summed E-state index contributed by atoms with van der Waals surface area (Å²) in [5, 5.41) is 3.09. The van der Waals surface area contributed by atoms with Crippen molar-refractivity contribution in [2.24, 2.45) is 5.41 Å². The molecule has 0 aromatic carbocycles. The predicted molar refractivity (Wildman–Crippen MR) is 85.9 cm³/mol. The van der Waals surface area contributed by atoms with Crippen LogP contribution >= 0.6 is 11.8 Å². The summed E-state index contributed by atoms with van der Waals surface area (Å²) in [5.41, 5.74) is 1.18. The molecule has 1 saturated heterocycles. The summed E-state index contributed by atoms with van der Waals surface area (Å²) in [7, 11) is 0. The molecule has 22 heavy (non-hydrogen) atoms. The molecular weight excluding hydrogens is 300 g/mol. The number of furan rings is 1. The standard InChI is InChI=1S/C16H22N2O3S/c1-10-6-11-12(7-16(2,3)8-13(11)21-10)17-14(19)9-18-4-5-22-15(18)20/h6,12H,4-5,7-9H2,1-3H3,(H,17,19). The van der Waals surface area contributed by atoms with Crippen LogP contribution in [0.1, 0.15) is 43.4 Å². The van der Waals surface area contributed by atoms with Crippen molar-refractivity contribution >= 4 is 22.9 Å². The first kappa shape index (κ1) is 15.5. The molecule has 2 amide bonds. The summed E-state index contributed by atoms with van der Waals surface area (Å²) >= 11 is 1.28. The minimum absolute atomic E-state index is 0.000955. The van der Waals surface area contributed by atoms with E-state index >= 15 is 0 Å². The maximum Gasteiger partial charge on any atom is 0.282 e. The predicted octanol–water partition coefficient (Wildman–Crippen LogP) is 2.89. The molecule has 1 aromatic heterocycles. The molecule has 1 aromatic rings. The molecule has 1 fully saturated rings. The van der Waals surface area contributed by atoms with Crippen LogP contribution in [-0.4, -0.2) is 34.9 Å². The third kappa shape index (κ3) is 3.16. The van der Waals surface area contributed by atoms with Crippen LogP contribution in [0, 0.1) is 12.3 Å². The lowest BCUT2D eigenvalue weighted by atomic mass is 9.74. The van der Waals surface area contributed by atoms with Crippen LogP contribution in [0.5, 0.6) is 0 Å². The topological polar surface area (TPSA) is 62.6 Å². The Morgan fingerprint density at radius 2 is 2.32 bits per heavy atom. The highest BCUT2D eigenvalue weighted by molar-refractivity contribution is 8.13. The van der Waals surface area contributed by atoms with E-state index in [-0.39, 0.29) is 29.1 Å². The Kier molecular flexibility index (Phi) is 3.97. The number of nitrogens with one attached hydrogen (secondary N) is 1. The van der Waals surface area contributed by atoms with Gasteiger partial charge in [0.15, 0.2) is 0 Å². The summed E-state index contributed by atoms with van der Waals surface area (Å²) in [6.45, 7) is 7.11. The highest BCUT2D eigenvalue weighted by Gasteiger charge is 2.36. The average Bonchev–Trinajstić information content (AvgIpc) is 2.94. The van der Waals surface area contributed by atoms with Crippen LogP contribution in [-0.2, 0) is 11.2 Å². The first-order chi connectivity index (χ1) is 10.3. The van der Waals surface area contributed by atoms with E-state index in [1.54, 1.807) is 4.90 Å². The average molecular weight is 322 g/mol. The first-order valence-corrected chi connectivity index (χ1v) is 8.63. The van der Waals surface area contributed by atoms with E-state index in [0.29, 0.717) is 6.54 Å². The molecular formula is C16H22N2O3S. The second-order valence-corrected chi connectivity index (χ2v) is 7.98. The van der Waals surface area contributed by atoms with Crippen molar-refractivity contribution in [3.63, 3.8) is 0 Å². The van der Waals surface area contributed by atoms with Gasteiger partial charge in [-0.3, -0.25) is 9.59 Å². The number of amides is 2. The molecule has 6 heteroatoms. The molecule has 3 rings (SSSR count). The summed E-state index contributed by atoms with van der Waals surface area (Å²) < 4.78 is 5.78. The zero-order chi connectivity index (χ0) is 15.9. The van der Waals surface area contributed by atoms with E-state index in [9.17, 15) is 9.59 Å². The Balaban J connectivity index is 1.71. The van der Waals surface area contributed by atoms with Crippen LogP contribution in [0.15, 0.2) is 10.5 Å². The lowest BCUT2D eigenvalue weighted by Gasteiger charge is -2.35. The van der Waals surface area contributed by atoms with Crippen molar-refractivity contribution in [1.82, 2.24) is 10.2 Å². The third-order valence-electron chi connectivity index (χ3n) is 4.25. The number of fused-ring (bicyclic) bond motifs is 1. The Bertz CT molecular complexity index is 609. The molecule has 1 aliphatic heterocycles. The van der Waals surface area contributed by atoms with Crippen LogP contribution in [0.2, 0.25) is 0 Å². The summed E-state index contributed by atoms with van der Waals surface area (Å²) in [6.07, 6.45) is 1.78. The van der Waals surface area contributed by atoms with Gasteiger partial charge >= 0.3 is 0 Å². The van der Waals surface area contributed by atoms with Gasteiger partial charge in [-0.05, 0) is 24.8 Å². The molecule has 5 nitrogen and oxygen atoms in total. The Labute approximate surface area is 134 Å². The highest BCUT2D eigenvalue weighted by atomic mass is 32.2. The number of nitrogens with zero attached hydrogens (tertiary/aromatic N) is 1. The summed E-state index contributed by atoms with van der Waals surface area (Å²) in [4.78, 5) is 25.5. The molecule has 0 bridgehead atoms. The molecule has 2 aliphatic rings. The van der Waals surface area contributed by atoms with Gasteiger partial charge in [-0.15, -0.1) is 0 Å². The van der Waals surface area contributed by atoms with Crippen LogP contribution in [0.3, 0.4) is 0 Å². The molecule has 0 spiro atoms. The second kappa shape index (κ2) is 5.65. The largest absolute Gasteiger partial charge is 0.466 e. The SMILES string of the molecule is Cc1cc2c(o1)CC(C)(C)CC2NC(=O)CN1CCSC1=O. The molecule has 2 heterocycles. The van der Waals surface area contributed by atoms with Crippen molar-refractivity contribution in [3.8, 4) is 0 Å². The number of thioether (sulfide) groups is 1. The number of carbonyl (C=O) groups is 2. The second-order valence-electron chi connectivity index (χ2n) is 6.94. The molecule has 120 valence electrons. The van der Waals surface area contributed by atoms with Gasteiger partial charge in [-0.25, -0.2) is 0 Å². The zero-order valence-electron chi connectivity index (χ0n) is 13.3. The van der Waals surface area contributed by atoms with Crippen LogP contribution in [0.25, 0.3) is 0 Å². The maximum absolute atomic E-state index is 12.3. The van der Waals surface area contributed by atoms with E-state index in [1.165, 1.54) is 11.8 Å². The van der Waals surface area contributed by atoms with Gasteiger partial charge in [0.1, 0.15) is 18.1 Å². The van der Waals surface area contributed by atoms with Gasteiger partial charge in [0.2, 0.25) is 5.91 Å². The molecule has 0 saturated carbocycles. The van der Waals surface area contributed by atoms with E-state index in [4.69, 9.17) is 4.42 Å². The summed E-state index contributed by atoms with van der Waals surface area (Å²) in [6, 6.07) is 1.99. The number of carbonyl (C=O) groups excluding carboxylic acids is 2. The van der Waals surface area contributed by atoms with Crippen molar-refractivity contribution in [1.29, 1.82) is 0 Å². The summed E-state index contributed by atoms with van der Waals surface area (Å²) in [5.74, 6) is 2.54. The third-order valence-corrected chi connectivity index (χ3v) is 5.14. The number of aryl methyl sites for hydroxylation is 1. The van der Waals surface area contributed by atoms with Gasteiger partial charge in [0, 0.05) is 24.3 Å². The Morgan fingerprint density at radius 1 is 1.55 bits per heavy atom. The quantitative estimate of drug-likeness (QED) is 0.929.